The lowest BCUT2D eigenvalue weighted by molar-refractivity contribution is -0.140. The number of carbonyl (C=O) groups is 2. The number of aromatic nitrogens is 1. The van der Waals surface area contributed by atoms with E-state index in [1.807, 2.05) is 0 Å². The van der Waals surface area contributed by atoms with Crippen LogP contribution in [0.2, 0.25) is 0 Å². The van der Waals surface area contributed by atoms with E-state index < -0.39 is 29.5 Å². The lowest BCUT2D eigenvalue weighted by Gasteiger charge is -2.27. The number of benzene rings is 2. The zero-order chi connectivity index (χ0) is 26.9. The van der Waals surface area contributed by atoms with Crippen molar-refractivity contribution in [2.75, 3.05) is 6.61 Å². The molecule has 0 aliphatic carbocycles. The fraction of sp³-hybridized carbons (Fsp3) is 0.222. The molecule has 4 N–H and O–H groups in total. The van der Waals surface area contributed by atoms with E-state index in [1.54, 1.807) is 51.1 Å². The first kappa shape index (κ1) is 25.8. The van der Waals surface area contributed by atoms with Gasteiger partial charge in [0.05, 0.1) is 34.3 Å². The molecule has 0 fully saturated rings. The fourth-order valence-electron chi connectivity index (χ4n) is 4.05. The molecule has 1 atom stereocenters. The number of ether oxygens (including phenoxy) is 2. The van der Waals surface area contributed by atoms with Crippen LogP contribution in [-0.2, 0) is 19.1 Å². The van der Waals surface area contributed by atoms with Gasteiger partial charge in [-0.25, -0.2) is 9.59 Å². The SMILES string of the molecule is CCOC(=O)C1=C(N)n2c(s/c(=C\c3ccc(O)cc3)c2=O)=C(C(=O)OC(C)C)[C@H]1c1ccc(O)cc1. The van der Waals surface area contributed by atoms with Crippen LogP contribution in [0, 0.1) is 0 Å². The second kappa shape index (κ2) is 10.4. The fourth-order valence-corrected chi connectivity index (χ4v) is 5.22. The summed E-state index contributed by atoms with van der Waals surface area (Å²) in [4.78, 5) is 40.2. The Morgan fingerprint density at radius 1 is 1.03 bits per heavy atom. The monoisotopic (exact) mass is 522 g/mol. The third-order valence-corrected chi connectivity index (χ3v) is 6.73. The third kappa shape index (κ3) is 5.01. The Bertz CT molecular complexity index is 1560. The summed E-state index contributed by atoms with van der Waals surface area (Å²) >= 11 is 1.04. The Balaban J connectivity index is 2.10. The largest absolute Gasteiger partial charge is 0.508 e. The highest BCUT2D eigenvalue weighted by molar-refractivity contribution is 7.07. The first-order chi connectivity index (χ1) is 17.6. The topological polar surface area (TPSA) is 141 Å². The molecule has 0 radical (unpaired) electrons. The quantitative estimate of drug-likeness (QED) is 0.416. The molecule has 1 aliphatic rings. The molecule has 0 spiro atoms. The van der Waals surface area contributed by atoms with Crippen LogP contribution in [0.25, 0.3) is 17.5 Å². The van der Waals surface area contributed by atoms with Gasteiger partial charge >= 0.3 is 11.9 Å². The van der Waals surface area contributed by atoms with Crippen molar-refractivity contribution < 1.29 is 29.3 Å². The summed E-state index contributed by atoms with van der Waals surface area (Å²) in [6.45, 7) is 5.07. The van der Waals surface area contributed by atoms with E-state index in [2.05, 4.69) is 0 Å². The van der Waals surface area contributed by atoms with Crippen molar-refractivity contribution in [3.05, 3.63) is 84.8 Å². The molecule has 2 heterocycles. The molecule has 0 unspecified atom stereocenters. The van der Waals surface area contributed by atoms with E-state index in [4.69, 9.17) is 15.2 Å². The van der Waals surface area contributed by atoms with Crippen LogP contribution in [0.4, 0.5) is 0 Å². The van der Waals surface area contributed by atoms with Gasteiger partial charge in [-0.05, 0) is 62.2 Å². The van der Waals surface area contributed by atoms with Crippen LogP contribution in [0.15, 0.2) is 58.9 Å². The van der Waals surface area contributed by atoms with Crippen LogP contribution in [0.1, 0.15) is 37.8 Å². The number of nitrogens with zero attached hydrogens (tertiary/aromatic N) is 1. The Labute approximate surface area is 216 Å². The number of esters is 2. The van der Waals surface area contributed by atoms with Crippen molar-refractivity contribution >= 4 is 40.7 Å². The summed E-state index contributed by atoms with van der Waals surface area (Å²) in [5.74, 6) is -2.58. The van der Waals surface area contributed by atoms with Gasteiger partial charge in [-0.3, -0.25) is 9.36 Å². The molecule has 10 heteroatoms. The van der Waals surface area contributed by atoms with Gasteiger partial charge in [-0.15, -0.1) is 11.3 Å². The number of hydrogen-bond acceptors (Lipinski definition) is 9. The maximum Gasteiger partial charge on any atom is 0.338 e. The molecule has 0 bridgehead atoms. The molecule has 192 valence electrons. The van der Waals surface area contributed by atoms with Gasteiger partial charge in [-0.1, -0.05) is 24.3 Å². The molecule has 4 rings (SSSR count). The van der Waals surface area contributed by atoms with Gasteiger partial charge in [0.15, 0.2) is 0 Å². The summed E-state index contributed by atoms with van der Waals surface area (Å²) in [6.07, 6.45) is 1.13. The second-order valence-electron chi connectivity index (χ2n) is 8.56. The number of carbonyl (C=O) groups excluding carboxylic acids is 2. The lowest BCUT2D eigenvalue weighted by Crippen LogP contribution is -2.42. The highest BCUT2D eigenvalue weighted by atomic mass is 32.1. The minimum absolute atomic E-state index is 0.000631. The predicted octanol–water partition coefficient (Wildman–Crippen LogP) is 1.74. The van der Waals surface area contributed by atoms with Crippen molar-refractivity contribution in [1.29, 1.82) is 0 Å². The molecule has 0 amide bonds. The van der Waals surface area contributed by atoms with E-state index in [9.17, 15) is 24.6 Å². The highest BCUT2D eigenvalue weighted by Crippen LogP contribution is 2.38. The van der Waals surface area contributed by atoms with E-state index in [0.29, 0.717) is 11.1 Å². The Kier molecular flexibility index (Phi) is 7.21. The standard InChI is InChI=1S/C27H26N2O7S/c1-4-35-26(33)21-20(16-7-11-18(31)12-8-16)22(27(34)36-14(2)3)25-29(23(21)28)24(32)19(37-25)13-15-5-9-17(30)10-6-15/h5-14,20,30-31H,4,28H2,1-3H3/b19-13-/t20-/m0/s1. The van der Waals surface area contributed by atoms with E-state index in [1.165, 1.54) is 24.3 Å². The smallest absolute Gasteiger partial charge is 0.338 e. The Morgan fingerprint density at radius 3 is 2.19 bits per heavy atom. The number of aromatic hydroxyl groups is 2. The van der Waals surface area contributed by atoms with Crippen molar-refractivity contribution in [3.8, 4) is 11.5 Å². The second-order valence-corrected chi connectivity index (χ2v) is 9.59. The van der Waals surface area contributed by atoms with Gasteiger partial charge in [-0.2, -0.15) is 0 Å². The van der Waals surface area contributed by atoms with Crippen LogP contribution >= 0.6 is 11.3 Å². The zero-order valence-electron chi connectivity index (χ0n) is 20.4. The Hall–Kier alpha value is -4.31. The molecule has 37 heavy (non-hydrogen) atoms. The zero-order valence-corrected chi connectivity index (χ0v) is 21.2. The van der Waals surface area contributed by atoms with Gasteiger partial charge in [0.1, 0.15) is 22.0 Å². The number of phenolic OH excluding ortho intramolecular Hbond substituents is 2. The molecule has 9 nitrogen and oxygen atoms in total. The average molecular weight is 523 g/mol. The molecular weight excluding hydrogens is 496 g/mol. The van der Waals surface area contributed by atoms with Crippen molar-refractivity contribution in [2.45, 2.75) is 32.8 Å². The first-order valence-electron chi connectivity index (χ1n) is 11.6. The van der Waals surface area contributed by atoms with Gasteiger partial charge in [0.2, 0.25) is 0 Å². The van der Waals surface area contributed by atoms with Crippen molar-refractivity contribution in [3.63, 3.8) is 0 Å². The van der Waals surface area contributed by atoms with Crippen molar-refractivity contribution in [2.24, 2.45) is 5.73 Å². The average Bonchev–Trinajstić information content (AvgIpc) is 3.16. The molecule has 1 aromatic heterocycles. The van der Waals surface area contributed by atoms with Crippen LogP contribution in [0.5, 0.6) is 11.5 Å². The van der Waals surface area contributed by atoms with Gasteiger partial charge in [0, 0.05) is 0 Å². The molecule has 0 saturated heterocycles. The van der Waals surface area contributed by atoms with Gasteiger partial charge in [0.25, 0.3) is 5.56 Å². The summed E-state index contributed by atoms with van der Waals surface area (Å²) in [5.41, 5.74) is 7.04. The van der Waals surface area contributed by atoms with E-state index in [0.717, 1.165) is 15.9 Å². The summed E-state index contributed by atoms with van der Waals surface area (Å²) in [5, 5.41) is 19.4. The molecule has 0 saturated carbocycles. The van der Waals surface area contributed by atoms with Crippen LogP contribution < -0.4 is 20.5 Å². The first-order valence-corrected chi connectivity index (χ1v) is 12.4. The minimum Gasteiger partial charge on any atom is -0.508 e. The van der Waals surface area contributed by atoms with Crippen LogP contribution in [0.3, 0.4) is 0 Å². The predicted molar refractivity (Wildman–Crippen MR) is 139 cm³/mol. The number of nitrogens with two attached hydrogens (primary N) is 1. The summed E-state index contributed by atoms with van der Waals surface area (Å²) in [7, 11) is 0. The third-order valence-electron chi connectivity index (χ3n) is 5.62. The van der Waals surface area contributed by atoms with E-state index >= 15 is 0 Å². The summed E-state index contributed by atoms with van der Waals surface area (Å²) < 4.78 is 12.4. The lowest BCUT2D eigenvalue weighted by atomic mass is 9.83. The number of rotatable bonds is 6. The normalized spacial score (nSPS) is 15.6. The molecule has 3 aromatic rings. The molecular formula is C27H26N2O7S. The highest BCUT2D eigenvalue weighted by Gasteiger charge is 2.40. The molecule has 2 aromatic carbocycles. The molecule has 1 aliphatic heterocycles. The Morgan fingerprint density at radius 2 is 1.62 bits per heavy atom. The van der Waals surface area contributed by atoms with E-state index in [-0.39, 0.29) is 44.3 Å². The number of hydrogen-bond donors (Lipinski definition) is 3. The van der Waals surface area contributed by atoms with Crippen molar-refractivity contribution in [1.82, 2.24) is 4.57 Å². The number of thiazole rings is 1. The number of fused-ring (bicyclic) bond motifs is 1. The maximum atomic E-state index is 13.5. The van der Waals surface area contributed by atoms with Crippen LogP contribution in [-0.4, -0.2) is 39.4 Å². The number of phenols is 2. The summed E-state index contributed by atoms with van der Waals surface area (Å²) in [6, 6.07) is 12.3. The minimum atomic E-state index is -1.01. The van der Waals surface area contributed by atoms with Gasteiger partial charge < -0.3 is 25.4 Å². The maximum absolute atomic E-state index is 13.5.